The first-order chi connectivity index (χ1) is 27.4. The summed E-state index contributed by atoms with van der Waals surface area (Å²) in [5, 5.41) is 21.5. The average Bonchev–Trinajstić information content (AvgIpc) is 3.15. The number of unbranched alkanes of at least 4 members (excludes halogenated alkanes) is 30. The second-order valence-electron chi connectivity index (χ2n) is 18.9. The Kier molecular flexibility index (Phi) is 30.7. The topological polar surface area (TPSA) is 83.8 Å². The molecule has 1 atom stereocenters. The highest BCUT2D eigenvalue weighted by Gasteiger charge is 2.37. The molecule has 0 amide bonds. The van der Waals surface area contributed by atoms with E-state index in [1.54, 1.807) is 0 Å². The maximum Gasteiger partial charge on any atom is 0.319 e. The summed E-state index contributed by atoms with van der Waals surface area (Å²) in [5.41, 5.74) is 5.06. The molecule has 1 aromatic carbocycles. The minimum Gasteiger partial charge on any atom is -0.481 e. The lowest BCUT2D eigenvalue weighted by atomic mass is 9.76. The van der Waals surface area contributed by atoms with Crippen molar-refractivity contribution >= 4 is 11.9 Å². The third-order valence-electron chi connectivity index (χ3n) is 12.5. The largest absolute Gasteiger partial charge is 0.481 e. The van der Waals surface area contributed by atoms with E-state index in [9.17, 15) is 19.8 Å². The van der Waals surface area contributed by atoms with E-state index >= 15 is 0 Å². The van der Waals surface area contributed by atoms with Gasteiger partial charge in [-0.1, -0.05) is 227 Å². The lowest BCUT2D eigenvalue weighted by Gasteiger charge is -2.34. The molecule has 0 aromatic heterocycles. The van der Waals surface area contributed by atoms with E-state index in [-0.39, 0.29) is 11.8 Å². The highest BCUT2D eigenvalue weighted by atomic mass is 16.7. The molecule has 1 aromatic rings. The maximum atomic E-state index is 12.8. The summed E-state index contributed by atoms with van der Waals surface area (Å²) >= 11 is 0. The van der Waals surface area contributed by atoms with Crippen LogP contribution in [-0.2, 0) is 31.9 Å². The van der Waals surface area contributed by atoms with Gasteiger partial charge in [0.15, 0.2) is 0 Å². The van der Waals surface area contributed by atoms with Gasteiger partial charge in [-0.25, -0.2) is 0 Å². The van der Waals surface area contributed by atoms with Crippen LogP contribution >= 0.6 is 0 Å². The number of carboxylic acids is 1. The molecule has 5 nitrogen and oxygen atoms in total. The van der Waals surface area contributed by atoms with Crippen molar-refractivity contribution in [1.29, 1.82) is 0 Å². The zero-order valence-electron chi connectivity index (χ0n) is 38.9. The fraction of sp³-hybridized carbons (Fsp3) is 0.846. The molecule has 0 heterocycles. The van der Waals surface area contributed by atoms with Gasteiger partial charge in [0.1, 0.15) is 6.42 Å². The Hall–Kier alpha value is -1.88. The highest BCUT2D eigenvalue weighted by molar-refractivity contribution is 5.90. The number of aliphatic hydroxyl groups is 1. The SMILES string of the molecule is CCCCCCCCCCCCCCCCCCc1c(C(C)(C)C)cc(C(O)(CCCCCCCCCCCCCCCCCC)OC(=O)CC(=O)O)c(C)c1C. The first-order valence-electron chi connectivity index (χ1n) is 24.7. The first-order valence-corrected chi connectivity index (χ1v) is 24.7. The average molecular weight is 799 g/mol. The van der Waals surface area contributed by atoms with E-state index in [0.29, 0.717) is 12.0 Å². The third kappa shape index (κ3) is 25.4. The van der Waals surface area contributed by atoms with Gasteiger partial charge in [0.2, 0.25) is 5.79 Å². The van der Waals surface area contributed by atoms with Crippen LogP contribution in [0.4, 0.5) is 0 Å². The lowest BCUT2D eigenvalue weighted by molar-refractivity contribution is -0.219. The van der Waals surface area contributed by atoms with Gasteiger partial charge in [0.25, 0.3) is 0 Å². The molecule has 0 spiro atoms. The molecular formula is C52H94O5. The molecule has 2 N–H and O–H groups in total. The van der Waals surface area contributed by atoms with E-state index in [1.807, 2.05) is 6.92 Å². The molecule has 0 bridgehead atoms. The van der Waals surface area contributed by atoms with Crippen LogP contribution in [-0.4, -0.2) is 22.2 Å². The van der Waals surface area contributed by atoms with E-state index in [0.717, 1.165) is 36.8 Å². The zero-order valence-corrected chi connectivity index (χ0v) is 38.9. The molecular weight excluding hydrogens is 705 g/mol. The summed E-state index contributed by atoms with van der Waals surface area (Å²) in [6, 6.07) is 2.07. The van der Waals surface area contributed by atoms with E-state index in [4.69, 9.17) is 4.74 Å². The second kappa shape index (κ2) is 32.9. The van der Waals surface area contributed by atoms with Gasteiger partial charge in [-0.3, -0.25) is 9.59 Å². The van der Waals surface area contributed by atoms with Gasteiger partial charge in [-0.2, -0.15) is 0 Å². The molecule has 0 saturated carbocycles. The fourth-order valence-electron chi connectivity index (χ4n) is 8.72. The number of benzene rings is 1. The van der Waals surface area contributed by atoms with Crippen LogP contribution in [0, 0.1) is 13.8 Å². The Morgan fingerprint density at radius 2 is 0.842 bits per heavy atom. The van der Waals surface area contributed by atoms with Crippen molar-refractivity contribution in [3.63, 3.8) is 0 Å². The summed E-state index contributed by atoms with van der Waals surface area (Å²) < 4.78 is 5.73. The summed E-state index contributed by atoms with van der Waals surface area (Å²) in [6.45, 7) is 15.4. The minimum absolute atomic E-state index is 0.169. The van der Waals surface area contributed by atoms with Crippen LogP contribution in [0.1, 0.15) is 281 Å². The molecule has 0 aliphatic heterocycles. The standard InChI is InChI=1S/C52H94O5/c1-8-10-12-14-16-18-20-22-24-26-28-30-32-34-36-38-40-46-44(3)45(4)47(42-48(46)51(5,6)7)52(56,57-50(55)43-49(53)54)41-39-37-35-33-31-29-27-25-23-21-19-17-15-13-11-9-2/h42,56H,8-41,43H2,1-7H3,(H,53,54). The Morgan fingerprint density at radius 3 is 1.18 bits per heavy atom. The van der Waals surface area contributed by atoms with Gasteiger partial charge in [0, 0.05) is 12.0 Å². The van der Waals surface area contributed by atoms with Crippen molar-refractivity contribution in [2.45, 2.75) is 284 Å². The summed E-state index contributed by atoms with van der Waals surface area (Å²) in [4.78, 5) is 24.2. The van der Waals surface area contributed by atoms with Gasteiger partial charge in [-0.05, 0) is 66.8 Å². The lowest BCUT2D eigenvalue weighted by Crippen LogP contribution is -2.35. The molecule has 57 heavy (non-hydrogen) atoms. The van der Waals surface area contributed by atoms with Crippen LogP contribution in [0.3, 0.4) is 0 Å². The summed E-state index contributed by atoms with van der Waals surface area (Å²) in [6.07, 6.45) is 42.3. The van der Waals surface area contributed by atoms with Crippen molar-refractivity contribution in [3.8, 4) is 0 Å². The van der Waals surface area contributed by atoms with Gasteiger partial charge in [0.05, 0.1) is 0 Å². The van der Waals surface area contributed by atoms with E-state index in [2.05, 4.69) is 47.6 Å². The summed E-state index contributed by atoms with van der Waals surface area (Å²) in [7, 11) is 0. The third-order valence-corrected chi connectivity index (χ3v) is 12.5. The first kappa shape index (κ1) is 53.1. The van der Waals surface area contributed by atoms with Crippen LogP contribution in [0.25, 0.3) is 0 Å². The molecule has 0 radical (unpaired) electrons. The Bertz CT molecular complexity index is 1170. The highest BCUT2D eigenvalue weighted by Crippen LogP contribution is 2.40. The molecule has 1 rings (SSSR count). The molecule has 1 unspecified atom stereocenters. The normalized spacial score (nSPS) is 12.9. The van der Waals surface area contributed by atoms with Gasteiger partial charge < -0.3 is 14.9 Å². The van der Waals surface area contributed by atoms with Crippen LogP contribution in [0.5, 0.6) is 0 Å². The van der Waals surface area contributed by atoms with Crippen LogP contribution in [0.15, 0.2) is 6.07 Å². The number of aliphatic carboxylic acids is 1. The number of rotatable bonds is 38. The van der Waals surface area contributed by atoms with Crippen molar-refractivity contribution < 1.29 is 24.5 Å². The molecule has 0 fully saturated rings. The van der Waals surface area contributed by atoms with Crippen LogP contribution < -0.4 is 0 Å². The minimum atomic E-state index is -1.86. The number of carbonyl (C=O) groups is 2. The maximum absolute atomic E-state index is 12.8. The zero-order chi connectivity index (χ0) is 42.2. The number of esters is 1. The predicted octanol–water partition coefficient (Wildman–Crippen LogP) is 16.2. The van der Waals surface area contributed by atoms with Gasteiger partial charge >= 0.3 is 11.9 Å². The quantitative estimate of drug-likeness (QED) is 0.0301. The number of hydrogen-bond donors (Lipinski definition) is 2. The van der Waals surface area contributed by atoms with Crippen molar-refractivity contribution in [2.24, 2.45) is 0 Å². The Morgan fingerprint density at radius 1 is 0.509 bits per heavy atom. The number of hydrogen-bond acceptors (Lipinski definition) is 4. The number of carboxylic acid groups (broad SMARTS) is 1. The molecule has 332 valence electrons. The van der Waals surface area contributed by atoms with E-state index in [1.165, 1.54) is 191 Å². The van der Waals surface area contributed by atoms with Crippen LogP contribution in [0.2, 0.25) is 0 Å². The molecule has 0 aliphatic carbocycles. The van der Waals surface area contributed by atoms with E-state index < -0.39 is 24.1 Å². The number of carbonyl (C=O) groups excluding carboxylic acids is 1. The van der Waals surface area contributed by atoms with Crippen molar-refractivity contribution in [2.75, 3.05) is 0 Å². The Balaban J connectivity index is 2.66. The molecule has 5 heteroatoms. The summed E-state index contributed by atoms with van der Waals surface area (Å²) in [5.74, 6) is -4.00. The predicted molar refractivity (Wildman–Crippen MR) is 244 cm³/mol. The smallest absolute Gasteiger partial charge is 0.319 e. The van der Waals surface area contributed by atoms with Crippen molar-refractivity contribution in [3.05, 3.63) is 33.9 Å². The molecule has 0 saturated heterocycles. The van der Waals surface area contributed by atoms with Crippen molar-refractivity contribution in [1.82, 2.24) is 0 Å². The van der Waals surface area contributed by atoms with Gasteiger partial charge in [-0.15, -0.1) is 0 Å². The fourth-order valence-corrected chi connectivity index (χ4v) is 8.72. The second-order valence-corrected chi connectivity index (χ2v) is 18.9. The monoisotopic (exact) mass is 799 g/mol. The Labute approximate surface area is 353 Å². The number of ether oxygens (including phenoxy) is 1. The molecule has 0 aliphatic rings.